The van der Waals surface area contributed by atoms with Gasteiger partial charge in [0, 0.05) is 6.07 Å². The third-order valence-corrected chi connectivity index (χ3v) is 0.810. The number of hydrogen-bond acceptors (Lipinski definition) is 4. The molecule has 0 spiro atoms. The molecule has 0 radical (unpaired) electrons. The van der Waals surface area contributed by atoms with E-state index in [4.69, 9.17) is 0 Å². The third kappa shape index (κ3) is 1.45. The molecular formula is C6H4O4. The number of carbonyl (C=O) groups is 2. The molecule has 4 nitrogen and oxygen atoms in total. The molecule has 1 aromatic heterocycles. The number of carbonyl (C=O) groups excluding carboxylic acids is 2. The molecule has 0 atom stereocenters. The maximum absolute atomic E-state index is 10.2. The highest BCUT2D eigenvalue weighted by molar-refractivity contribution is 6.21. The van der Waals surface area contributed by atoms with Gasteiger partial charge in [0.1, 0.15) is 6.26 Å². The maximum atomic E-state index is 10.2. The second-order valence-electron chi connectivity index (χ2n) is 1.50. The lowest BCUT2D eigenvalue weighted by molar-refractivity contribution is -0.141. The van der Waals surface area contributed by atoms with Crippen LogP contribution >= 0.6 is 0 Å². The van der Waals surface area contributed by atoms with Crippen LogP contribution in [0.2, 0.25) is 0 Å². The standard InChI is InChI=1S/C6H4O4/c7-3-6(8)10-5-1-2-9-4-5/h1-4H. The van der Waals surface area contributed by atoms with E-state index in [2.05, 4.69) is 9.15 Å². The van der Waals surface area contributed by atoms with Crippen molar-refractivity contribution in [2.75, 3.05) is 0 Å². The maximum Gasteiger partial charge on any atom is 0.376 e. The molecule has 0 saturated heterocycles. The first kappa shape index (κ1) is 6.54. The van der Waals surface area contributed by atoms with Gasteiger partial charge in [0.25, 0.3) is 0 Å². The second kappa shape index (κ2) is 2.82. The first-order chi connectivity index (χ1) is 4.83. The Hall–Kier alpha value is -1.58. The van der Waals surface area contributed by atoms with Gasteiger partial charge >= 0.3 is 5.97 Å². The van der Waals surface area contributed by atoms with Crippen molar-refractivity contribution in [1.82, 2.24) is 0 Å². The van der Waals surface area contributed by atoms with Crippen LogP contribution in [0.1, 0.15) is 0 Å². The zero-order valence-electron chi connectivity index (χ0n) is 4.94. The van der Waals surface area contributed by atoms with Gasteiger partial charge in [-0.15, -0.1) is 0 Å². The number of hydrogen-bond donors (Lipinski definition) is 0. The fourth-order valence-corrected chi connectivity index (χ4v) is 0.450. The molecule has 0 fully saturated rings. The van der Waals surface area contributed by atoms with E-state index in [1.54, 1.807) is 0 Å². The Labute approximate surface area is 56.4 Å². The van der Waals surface area contributed by atoms with Crippen LogP contribution in [0.4, 0.5) is 0 Å². The lowest BCUT2D eigenvalue weighted by atomic mass is 10.6. The normalized spacial score (nSPS) is 8.80. The van der Waals surface area contributed by atoms with Gasteiger partial charge < -0.3 is 9.15 Å². The van der Waals surface area contributed by atoms with E-state index in [0.717, 1.165) is 0 Å². The molecular weight excluding hydrogens is 136 g/mol. The van der Waals surface area contributed by atoms with Gasteiger partial charge in [-0.1, -0.05) is 0 Å². The quantitative estimate of drug-likeness (QED) is 0.338. The summed E-state index contributed by atoms with van der Waals surface area (Å²) in [6.45, 7) is 0. The fourth-order valence-electron chi connectivity index (χ4n) is 0.450. The molecule has 0 unspecified atom stereocenters. The largest absolute Gasteiger partial charge is 0.469 e. The summed E-state index contributed by atoms with van der Waals surface area (Å²) < 4.78 is 8.97. The number of rotatable bonds is 2. The van der Waals surface area contributed by atoms with Crippen molar-refractivity contribution in [3.63, 3.8) is 0 Å². The zero-order valence-corrected chi connectivity index (χ0v) is 4.94. The molecule has 0 aliphatic rings. The van der Waals surface area contributed by atoms with Gasteiger partial charge in [0.05, 0.1) is 6.26 Å². The first-order valence-electron chi connectivity index (χ1n) is 2.52. The number of ether oxygens (including phenoxy) is 1. The first-order valence-corrected chi connectivity index (χ1v) is 2.52. The van der Waals surface area contributed by atoms with E-state index >= 15 is 0 Å². The monoisotopic (exact) mass is 140 g/mol. The van der Waals surface area contributed by atoms with E-state index in [-0.39, 0.29) is 12.0 Å². The van der Waals surface area contributed by atoms with Crippen LogP contribution in [0, 0.1) is 0 Å². The summed E-state index contributed by atoms with van der Waals surface area (Å²) in [6.07, 6.45) is 2.65. The van der Waals surface area contributed by atoms with Crippen LogP contribution in [0.3, 0.4) is 0 Å². The Kier molecular flexibility index (Phi) is 1.84. The average molecular weight is 140 g/mol. The van der Waals surface area contributed by atoms with Gasteiger partial charge in [-0.3, -0.25) is 4.79 Å². The van der Waals surface area contributed by atoms with Crippen molar-refractivity contribution in [1.29, 1.82) is 0 Å². The summed E-state index contributed by atoms with van der Waals surface area (Å²) in [6, 6.07) is 1.43. The Morgan fingerprint density at radius 2 is 2.50 bits per heavy atom. The van der Waals surface area contributed by atoms with Gasteiger partial charge in [-0.05, 0) is 0 Å². The Balaban J connectivity index is 2.56. The van der Waals surface area contributed by atoms with E-state index in [0.29, 0.717) is 0 Å². The van der Waals surface area contributed by atoms with Crippen molar-refractivity contribution < 1.29 is 18.7 Å². The molecule has 1 rings (SSSR count). The molecule has 0 aromatic carbocycles. The van der Waals surface area contributed by atoms with Crippen LogP contribution in [-0.4, -0.2) is 12.3 Å². The number of aldehydes is 1. The number of esters is 1. The van der Waals surface area contributed by atoms with Crippen molar-refractivity contribution in [2.24, 2.45) is 0 Å². The van der Waals surface area contributed by atoms with Crippen LogP contribution in [0.5, 0.6) is 5.75 Å². The van der Waals surface area contributed by atoms with Crippen LogP contribution in [0.15, 0.2) is 23.0 Å². The predicted octanol–water partition coefficient (Wildman–Crippen LogP) is 0.384. The lowest BCUT2D eigenvalue weighted by Crippen LogP contribution is -2.07. The average Bonchev–Trinajstić information content (AvgIpc) is 2.40. The molecule has 1 heterocycles. The van der Waals surface area contributed by atoms with Crippen molar-refractivity contribution in [2.45, 2.75) is 0 Å². The predicted molar refractivity (Wildman–Crippen MR) is 30.4 cm³/mol. The highest BCUT2D eigenvalue weighted by atomic mass is 16.5. The summed E-state index contributed by atoms with van der Waals surface area (Å²) >= 11 is 0. The minimum absolute atomic E-state index is 0.0903. The summed E-state index contributed by atoms with van der Waals surface area (Å²) in [5.74, 6) is -0.696. The van der Waals surface area contributed by atoms with Crippen LogP contribution < -0.4 is 4.74 Å². The van der Waals surface area contributed by atoms with Crippen molar-refractivity contribution in [3.8, 4) is 5.75 Å². The summed E-state index contributed by atoms with van der Waals surface area (Å²) in [4.78, 5) is 20.0. The molecule has 0 N–H and O–H groups in total. The molecule has 0 bridgehead atoms. The topological polar surface area (TPSA) is 56.5 Å². The van der Waals surface area contributed by atoms with Gasteiger partial charge in [0.15, 0.2) is 5.75 Å². The van der Waals surface area contributed by atoms with E-state index in [9.17, 15) is 9.59 Å². The van der Waals surface area contributed by atoms with E-state index in [1.165, 1.54) is 18.6 Å². The minimum Gasteiger partial charge on any atom is -0.469 e. The van der Waals surface area contributed by atoms with E-state index in [1.807, 2.05) is 0 Å². The third-order valence-electron chi connectivity index (χ3n) is 0.810. The molecule has 0 saturated carbocycles. The molecule has 0 aliphatic heterocycles. The van der Waals surface area contributed by atoms with E-state index < -0.39 is 5.97 Å². The molecule has 0 amide bonds. The smallest absolute Gasteiger partial charge is 0.376 e. The number of furan rings is 1. The second-order valence-corrected chi connectivity index (χ2v) is 1.50. The summed E-state index contributed by atoms with van der Waals surface area (Å²) in [7, 11) is 0. The van der Waals surface area contributed by atoms with Crippen LogP contribution in [0.25, 0.3) is 0 Å². The lowest BCUT2D eigenvalue weighted by Gasteiger charge is -1.90. The summed E-state index contributed by atoms with van der Waals surface area (Å²) in [5.41, 5.74) is 0. The van der Waals surface area contributed by atoms with Crippen molar-refractivity contribution in [3.05, 3.63) is 18.6 Å². The Morgan fingerprint density at radius 1 is 1.70 bits per heavy atom. The molecule has 0 aliphatic carbocycles. The minimum atomic E-state index is -0.929. The molecule has 52 valence electrons. The molecule has 1 aromatic rings. The zero-order chi connectivity index (χ0) is 7.40. The Morgan fingerprint density at radius 3 is 3.00 bits per heavy atom. The van der Waals surface area contributed by atoms with Crippen LogP contribution in [-0.2, 0) is 9.59 Å². The van der Waals surface area contributed by atoms with Gasteiger partial charge in [0.2, 0.25) is 6.29 Å². The van der Waals surface area contributed by atoms with Gasteiger partial charge in [-0.2, -0.15) is 0 Å². The highest BCUT2D eigenvalue weighted by Gasteiger charge is 2.01. The van der Waals surface area contributed by atoms with Gasteiger partial charge in [-0.25, -0.2) is 4.79 Å². The Bertz CT molecular complexity index is 224. The molecule has 10 heavy (non-hydrogen) atoms. The SMILES string of the molecule is O=CC(=O)Oc1ccoc1. The summed E-state index contributed by atoms with van der Waals surface area (Å²) in [5, 5.41) is 0. The van der Waals surface area contributed by atoms with Crippen molar-refractivity contribution >= 4 is 12.3 Å². The molecule has 4 heteroatoms. The highest BCUT2D eigenvalue weighted by Crippen LogP contribution is 2.08. The fraction of sp³-hybridized carbons (Fsp3) is 0.